The number of benzene rings is 3. The zero-order valence-corrected chi connectivity index (χ0v) is 26.5. The number of methoxy groups -OCH3 is 1. The maximum Gasteiger partial charge on any atom is 0.335 e. The Kier molecular flexibility index (Phi) is 10.8. The summed E-state index contributed by atoms with van der Waals surface area (Å²) < 4.78 is 23.6. The van der Waals surface area contributed by atoms with Gasteiger partial charge in [-0.2, -0.15) is 0 Å². The van der Waals surface area contributed by atoms with Crippen molar-refractivity contribution in [2.75, 3.05) is 20.3 Å². The maximum absolute atomic E-state index is 13.4. The molecule has 2 N–H and O–H groups in total. The van der Waals surface area contributed by atoms with E-state index in [2.05, 4.69) is 27.9 Å². The molecule has 44 heavy (non-hydrogen) atoms. The Morgan fingerprint density at radius 1 is 0.932 bits per heavy atom. The Morgan fingerprint density at radius 3 is 2.32 bits per heavy atom. The minimum Gasteiger partial charge on any atom is -0.493 e. The average Bonchev–Trinajstić information content (AvgIpc) is 3.00. The van der Waals surface area contributed by atoms with E-state index in [0.717, 1.165) is 16.9 Å². The Balaban J connectivity index is 1.57. The number of carbonyl (C=O) groups is 4. The van der Waals surface area contributed by atoms with Gasteiger partial charge in [0.25, 0.3) is 11.8 Å². The molecule has 4 rings (SSSR count). The summed E-state index contributed by atoms with van der Waals surface area (Å²) in [6.07, 6.45) is 2.22. The van der Waals surface area contributed by atoms with Crippen molar-refractivity contribution in [3.8, 4) is 23.0 Å². The molecule has 1 aliphatic heterocycles. The zero-order chi connectivity index (χ0) is 31.8. The molecule has 1 heterocycles. The molecule has 230 valence electrons. The monoisotopic (exact) mass is 714 g/mol. The normalized spacial score (nSPS) is 14.0. The fourth-order valence-electron chi connectivity index (χ4n) is 4.30. The lowest BCUT2D eigenvalue weighted by Gasteiger charge is -2.26. The number of carboxylic acids is 1. The molecule has 0 saturated carbocycles. The van der Waals surface area contributed by atoms with Crippen LogP contribution in [0, 0.1) is 3.57 Å². The van der Waals surface area contributed by atoms with Gasteiger partial charge < -0.3 is 24.1 Å². The quantitative estimate of drug-likeness (QED) is 0.135. The Morgan fingerprint density at radius 2 is 1.66 bits per heavy atom. The van der Waals surface area contributed by atoms with Gasteiger partial charge in [-0.15, -0.1) is 0 Å². The smallest absolute Gasteiger partial charge is 0.335 e. The van der Waals surface area contributed by atoms with Crippen molar-refractivity contribution in [2.45, 2.75) is 33.4 Å². The molecule has 0 aromatic heterocycles. The van der Waals surface area contributed by atoms with Gasteiger partial charge in [0.15, 0.2) is 23.0 Å². The van der Waals surface area contributed by atoms with Gasteiger partial charge in [0.05, 0.1) is 36.0 Å². The molecule has 12 heteroatoms. The SMILES string of the molecule is CCCOc1ccc(CN2C(=O)NC(=O)/C(=C\c3cc(I)c(OCc4ccc(C(=O)O)cc4)c(OCC)c3)C2=O)cc1OC. The number of nitrogens with one attached hydrogen (secondary N) is 1. The fourth-order valence-corrected chi connectivity index (χ4v) is 5.08. The molecule has 11 nitrogen and oxygen atoms in total. The summed E-state index contributed by atoms with van der Waals surface area (Å²) in [6.45, 7) is 4.70. The highest BCUT2D eigenvalue weighted by Crippen LogP contribution is 2.36. The number of ether oxygens (including phenoxy) is 4. The number of nitrogens with zero attached hydrogens (tertiary/aromatic N) is 1. The number of amides is 4. The number of carbonyl (C=O) groups excluding carboxylic acids is 3. The summed E-state index contributed by atoms with van der Waals surface area (Å²) in [5, 5.41) is 11.4. The maximum atomic E-state index is 13.4. The molecule has 1 saturated heterocycles. The van der Waals surface area contributed by atoms with Crippen molar-refractivity contribution in [2.24, 2.45) is 0 Å². The summed E-state index contributed by atoms with van der Waals surface area (Å²) in [6, 6.07) is 14.0. The highest BCUT2D eigenvalue weighted by molar-refractivity contribution is 14.1. The first kappa shape index (κ1) is 32.3. The summed E-state index contributed by atoms with van der Waals surface area (Å²) in [4.78, 5) is 51.0. The lowest BCUT2D eigenvalue weighted by Crippen LogP contribution is -2.53. The van der Waals surface area contributed by atoms with E-state index in [-0.39, 0.29) is 24.3 Å². The van der Waals surface area contributed by atoms with Crippen LogP contribution in [0.15, 0.2) is 60.2 Å². The number of carboxylic acid groups (broad SMARTS) is 1. The van der Waals surface area contributed by atoms with E-state index in [1.165, 1.54) is 25.3 Å². The number of hydrogen-bond donors (Lipinski definition) is 2. The van der Waals surface area contributed by atoms with Crippen LogP contribution < -0.4 is 24.3 Å². The molecule has 0 unspecified atom stereocenters. The van der Waals surface area contributed by atoms with Crippen LogP contribution in [0.2, 0.25) is 0 Å². The van der Waals surface area contributed by atoms with Crippen molar-refractivity contribution in [3.05, 3.63) is 86.0 Å². The summed E-state index contributed by atoms with van der Waals surface area (Å²) in [5.74, 6) is -0.718. The van der Waals surface area contributed by atoms with E-state index < -0.39 is 23.8 Å². The fraction of sp³-hybridized carbons (Fsp3) is 0.250. The Labute approximate surface area is 267 Å². The van der Waals surface area contributed by atoms with Gasteiger partial charge in [-0.25, -0.2) is 9.59 Å². The van der Waals surface area contributed by atoms with Crippen LogP contribution in [0.1, 0.15) is 47.3 Å². The van der Waals surface area contributed by atoms with Gasteiger partial charge in [0, 0.05) is 0 Å². The number of rotatable bonds is 13. The molecule has 0 aliphatic carbocycles. The summed E-state index contributed by atoms with van der Waals surface area (Å²) in [7, 11) is 1.50. The molecule has 0 spiro atoms. The van der Waals surface area contributed by atoms with Crippen molar-refractivity contribution in [3.63, 3.8) is 0 Å². The van der Waals surface area contributed by atoms with E-state index in [0.29, 0.717) is 50.9 Å². The number of halogens is 1. The van der Waals surface area contributed by atoms with Crippen LogP contribution in [0.3, 0.4) is 0 Å². The van der Waals surface area contributed by atoms with Crippen molar-refractivity contribution >= 4 is 52.5 Å². The third kappa shape index (κ3) is 7.67. The molecule has 1 fully saturated rings. The van der Waals surface area contributed by atoms with Gasteiger partial charge in [-0.05, 0) is 95.1 Å². The topological polar surface area (TPSA) is 141 Å². The first-order valence-corrected chi connectivity index (χ1v) is 14.8. The molecular weight excluding hydrogens is 683 g/mol. The first-order chi connectivity index (χ1) is 21.1. The third-order valence-electron chi connectivity index (χ3n) is 6.44. The van der Waals surface area contributed by atoms with Crippen molar-refractivity contribution in [1.29, 1.82) is 0 Å². The van der Waals surface area contributed by atoms with Crippen molar-refractivity contribution in [1.82, 2.24) is 10.2 Å². The van der Waals surface area contributed by atoms with Gasteiger partial charge >= 0.3 is 12.0 Å². The van der Waals surface area contributed by atoms with Gasteiger partial charge in [0.1, 0.15) is 12.2 Å². The van der Waals surface area contributed by atoms with Crippen molar-refractivity contribution < 1.29 is 43.2 Å². The molecule has 4 amide bonds. The molecule has 0 bridgehead atoms. The Bertz CT molecular complexity index is 1600. The lowest BCUT2D eigenvalue weighted by atomic mass is 10.1. The number of barbiturate groups is 1. The number of urea groups is 1. The van der Waals surface area contributed by atoms with Crippen LogP contribution in [0.5, 0.6) is 23.0 Å². The third-order valence-corrected chi connectivity index (χ3v) is 7.24. The predicted octanol–water partition coefficient (Wildman–Crippen LogP) is 5.43. The Hall–Kier alpha value is -4.59. The number of hydrogen-bond acceptors (Lipinski definition) is 8. The summed E-state index contributed by atoms with van der Waals surface area (Å²) >= 11 is 2.07. The predicted molar refractivity (Wildman–Crippen MR) is 169 cm³/mol. The van der Waals surface area contributed by atoms with E-state index in [4.69, 9.17) is 24.1 Å². The van der Waals surface area contributed by atoms with Crippen LogP contribution in [-0.2, 0) is 22.7 Å². The zero-order valence-electron chi connectivity index (χ0n) is 24.3. The summed E-state index contributed by atoms with van der Waals surface area (Å²) in [5.41, 5.74) is 1.81. The second kappa shape index (κ2) is 14.7. The molecule has 1 aliphatic rings. The van der Waals surface area contributed by atoms with E-state index in [1.807, 2.05) is 13.8 Å². The highest BCUT2D eigenvalue weighted by atomic mass is 127. The second-order valence-corrected chi connectivity index (χ2v) is 10.8. The van der Waals surface area contributed by atoms with Crippen LogP contribution in [0.25, 0.3) is 6.08 Å². The molecule has 3 aromatic carbocycles. The minimum atomic E-state index is -1.01. The van der Waals surface area contributed by atoms with E-state index >= 15 is 0 Å². The lowest BCUT2D eigenvalue weighted by molar-refractivity contribution is -0.130. The van der Waals surface area contributed by atoms with Gasteiger partial charge in [-0.3, -0.25) is 19.8 Å². The molecular formula is C32H31IN2O9. The van der Waals surface area contributed by atoms with Gasteiger partial charge in [0.2, 0.25) is 0 Å². The minimum absolute atomic E-state index is 0.0956. The van der Waals surface area contributed by atoms with E-state index in [1.54, 1.807) is 42.5 Å². The average molecular weight is 715 g/mol. The van der Waals surface area contributed by atoms with Gasteiger partial charge in [-0.1, -0.05) is 25.1 Å². The standard InChI is InChI=1S/C32H31IN2O9/c1-4-12-43-25-11-8-20(15-26(25)41-3)17-35-30(37)23(29(36)34-32(35)40)13-21-14-24(33)28(27(16-21)42-5-2)44-18-19-6-9-22(10-7-19)31(38)39/h6-11,13-16H,4-5,12,17-18H2,1-3H3,(H,38,39)(H,34,36,40)/b23-13+. The van der Waals surface area contributed by atoms with Crippen LogP contribution in [0.4, 0.5) is 4.79 Å². The largest absolute Gasteiger partial charge is 0.493 e. The molecule has 0 radical (unpaired) electrons. The highest BCUT2D eigenvalue weighted by Gasteiger charge is 2.36. The molecule has 3 aromatic rings. The second-order valence-electron chi connectivity index (χ2n) is 9.60. The van der Waals surface area contributed by atoms with E-state index in [9.17, 15) is 19.2 Å². The number of aromatic carboxylic acids is 1. The molecule has 0 atom stereocenters. The van der Waals surface area contributed by atoms with Crippen LogP contribution in [-0.4, -0.2) is 54.1 Å². The number of imide groups is 2. The first-order valence-electron chi connectivity index (χ1n) is 13.7. The van der Waals surface area contributed by atoms with Crippen LogP contribution >= 0.6 is 22.6 Å².